The van der Waals surface area contributed by atoms with Gasteiger partial charge in [0.15, 0.2) is 0 Å². The summed E-state index contributed by atoms with van der Waals surface area (Å²) in [5.41, 5.74) is 5.82. The monoisotopic (exact) mass is 1690 g/mol. The predicted octanol–water partition coefficient (Wildman–Crippen LogP) is 32.1. The summed E-state index contributed by atoms with van der Waals surface area (Å²) in [6.45, 7) is 16.1. The Kier molecular flexibility index (Phi) is 41.7. The summed E-state index contributed by atoms with van der Waals surface area (Å²) in [5.74, 6) is 4.99. The van der Waals surface area contributed by atoms with E-state index in [4.69, 9.17) is 23.7 Å². The minimum atomic E-state index is 0. The Morgan fingerprint density at radius 1 is 0.183 bits per heavy atom. The van der Waals surface area contributed by atoms with E-state index in [-0.39, 0.29) is 23.5 Å². The standard InChI is InChI=1S/5C20H30OS.5FH/c5*1-2-3-4-9-19-10-13-20(14-11-19,15-12-19)16-21-17-5-7-18(22)8-6-17;;;;;/h5*5-8,22H,2-4,9-16H2,1H3;5*1H. The molecule has 0 radical (unpaired) electrons. The molecule has 5 aromatic rings. The zero-order chi connectivity index (χ0) is 77.3. The molecule has 0 N–H and O–H groups in total. The summed E-state index contributed by atoms with van der Waals surface area (Å²) >= 11 is 21.7. The van der Waals surface area contributed by atoms with Gasteiger partial charge in [0.25, 0.3) is 0 Å². The Labute approximate surface area is 722 Å². The van der Waals surface area contributed by atoms with Crippen LogP contribution in [0.3, 0.4) is 0 Å². The molecule has 5 nitrogen and oxygen atoms in total. The molecule has 10 bridgehead atoms. The van der Waals surface area contributed by atoms with Crippen molar-refractivity contribution in [3.8, 4) is 28.7 Å². The summed E-state index contributed by atoms with van der Waals surface area (Å²) in [5, 5.41) is 0. The predicted molar refractivity (Wildman–Crippen MR) is 492 cm³/mol. The Bertz CT molecular complexity index is 2830. The van der Waals surface area contributed by atoms with E-state index in [2.05, 4.69) is 97.8 Å². The van der Waals surface area contributed by atoms with Crippen LogP contribution in [0.5, 0.6) is 28.7 Å². The van der Waals surface area contributed by atoms with Gasteiger partial charge >= 0.3 is 0 Å². The average molecular weight is 1690 g/mol. The number of hydrogen-bond donors (Lipinski definition) is 5. The zero-order valence-electron chi connectivity index (χ0n) is 71.8. The van der Waals surface area contributed by atoms with Crippen molar-refractivity contribution in [2.45, 2.75) is 380 Å². The molecular weight excluding hydrogens is 1540 g/mol. The summed E-state index contributed by atoms with van der Waals surface area (Å²) in [6, 6.07) is 40.5. The van der Waals surface area contributed by atoms with Gasteiger partial charge in [0.2, 0.25) is 0 Å². The molecular formula is C100H155F5O5S5. The van der Waals surface area contributed by atoms with Crippen LogP contribution in [0, 0.1) is 54.1 Å². The third-order valence-corrected chi connectivity index (χ3v) is 32.7. The highest BCUT2D eigenvalue weighted by atomic mass is 32.1. The third kappa shape index (κ3) is 29.1. The minimum Gasteiger partial charge on any atom is -0.493 e. The van der Waals surface area contributed by atoms with E-state index in [9.17, 15) is 0 Å². The fourth-order valence-corrected chi connectivity index (χ4v) is 23.1. The van der Waals surface area contributed by atoms with Crippen LogP contribution in [0.2, 0.25) is 0 Å². The van der Waals surface area contributed by atoms with E-state index in [1.54, 1.807) is 0 Å². The molecule has 20 rings (SSSR count). The number of rotatable bonds is 35. The molecule has 115 heavy (non-hydrogen) atoms. The van der Waals surface area contributed by atoms with Gasteiger partial charge in [0.05, 0.1) is 33.0 Å². The smallest absolute Gasteiger partial charge is 0.119 e. The van der Waals surface area contributed by atoms with Gasteiger partial charge in [-0.1, -0.05) is 131 Å². The Balaban J connectivity index is 0.000000221. The first-order chi connectivity index (χ1) is 53.3. The average Bonchev–Trinajstić information content (AvgIpc) is 0.791. The molecule has 0 amide bonds. The van der Waals surface area contributed by atoms with Gasteiger partial charge in [0.1, 0.15) is 28.7 Å². The highest BCUT2D eigenvalue weighted by molar-refractivity contribution is 7.81. The van der Waals surface area contributed by atoms with Crippen LogP contribution in [-0.2, 0) is 0 Å². The van der Waals surface area contributed by atoms with Gasteiger partial charge in [-0.05, 0) is 373 Å². The first-order valence-corrected chi connectivity index (χ1v) is 47.6. The van der Waals surface area contributed by atoms with Crippen LogP contribution >= 0.6 is 63.1 Å². The van der Waals surface area contributed by atoms with Gasteiger partial charge < -0.3 is 23.7 Å². The van der Waals surface area contributed by atoms with Crippen molar-refractivity contribution in [2.24, 2.45) is 54.1 Å². The van der Waals surface area contributed by atoms with E-state index in [0.717, 1.165) is 86.3 Å². The second kappa shape index (κ2) is 47.8. The molecule has 0 atom stereocenters. The molecule has 15 saturated carbocycles. The summed E-state index contributed by atoms with van der Waals surface area (Å²) in [6.07, 6.45) is 70.7. The maximum atomic E-state index is 6.12. The number of halogens is 5. The molecule has 0 aliphatic heterocycles. The van der Waals surface area contributed by atoms with Crippen molar-refractivity contribution in [3.05, 3.63) is 121 Å². The highest BCUT2D eigenvalue weighted by Gasteiger charge is 2.53. The lowest BCUT2D eigenvalue weighted by molar-refractivity contribution is -0.0409. The lowest BCUT2D eigenvalue weighted by atomic mass is 9.53. The second-order valence-electron chi connectivity index (χ2n) is 38.7. The largest absolute Gasteiger partial charge is 0.493 e. The molecule has 0 heterocycles. The van der Waals surface area contributed by atoms with Gasteiger partial charge in [-0.2, -0.15) is 0 Å². The summed E-state index contributed by atoms with van der Waals surface area (Å²) < 4.78 is 30.6. The van der Waals surface area contributed by atoms with Crippen LogP contribution in [0.15, 0.2) is 146 Å². The van der Waals surface area contributed by atoms with Crippen molar-refractivity contribution in [1.82, 2.24) is 0 Å². The van der Waals surface area contributed by atoms with Gasteiger partial charge in [0, 0.05) is 51.6 Å². The second-order valence-corrected chi connectivity index (χ2v) is 41.3. The van der Waals surface area contributed by atoms with E-state index in [1.807, 2.05) is 121 Å². The number of fused-ring (bicyclic) bond motifs is 15. The molecule has 5 aromatic carbocycles. The summed E-state index contributed by atoms with van der Waals surface area (Å²) in [4.78, 5) is 4.99. The van der Waals surface area contributed by atoms with Crippen molar-refractivity contribution in [3.63, 3.8) is 0 Å². The molecule has 15 fully saturated rings. The van der Waals surface area contributed by atoms with Crippen molar-refractivity contribution in [2.75, 3.05) is 33.0 Å². The van der Waals surface area contributed by atoms with Crippen molar-refractivity contribution < 1.29 is 47.2 Å². The normalized spacial score (nSPS) is 29.1. The van der Waals surface area contributed by atoms with Gasteiger partial charge in [-0.15, -0.1) is 63.1 Å². The first kappa shape index (κ1) is 100. The Morgan fingerprint density at radius 3 is 0.409 bits per heavy atom. The molecule has 0 aromatic heterocycles. The third-order valence-electron chi connectivity index (χ3n) is 31.2. The van der Waals surface area contributed by atoms with E-state index in [0.29, 0.717) is 54.1 Å². The van der Waals surface area contributed by atoms with Crippen LogP contribution in [0.25, 0.3) is 0 Å². The quantitative estimate of drug-likeness (QED) is 0.0159. The lowest BCUT2D eigenvalue weighted by Crippen LogP contribution is -2.44. The molecule has 650 valence electrons. The lowest BCUT2D eigenvalue weighted by Gasteiger charge is -2.53. The fourth-order valence-electron chi connectivity index (χ4n) is 22.3. The van der Waals surface area contributed by atoms with Crippen molar-refractivity contribution in [1.29, 1.82) is 0 Å². The maximum absolute atomic E-state index is 6.12. The molecule has 15 aliphatic rings. The number of hydrogen-bond acceptors (Lipinski definition) is 10. The van der Waals surface area contributed by atoms with E-state index < -0.39 is 0 Å². The van der Waals surface area contributed by atoms with Crippen LogP contribution in [0.4, 0.5) is 23.5 Å². The van der Waals surface area contributed by atoms with Gasteiger partial charge in [-0.3, -0.25) is 23.5 Å². The number of unbranched alkanes of at least 4 members (excludes halogenated alkanes) is 10. The van der Waals surface area contributed by atoms with Crippen molar-refractivity contribution >= 4 is 63.1 Å². The highest BCUT2D eigenvalue weighted by Crippen LogP contribution is 2.64. The topological polar surface area (TPSA) is 46.2 Å². The van der Waals surface area contributed by atoms with Crippen LogP contribution < -0.4 is 23.7 Å². The summed E-state index contributed by atoms with van der Waals surface area (Å²) in [7, 11) is 0. The Morgan fingerprint density at radius 2 is 0.296 bits per heavy atom. The van der Waals surface area contributed by atoms with Gasteiger partial charge in [-0.25, -0.2) is 0 Å². The van der Waals surface area contributed by atoms with Crippen LogP contribution in [-0.4, -0.2) is 33.0 Å². The zero-order valence-corrected chi connectivity index (χ0v) is 76.2. The van der Waals surface area contributed by atoms with Crippen LogP contribution in [0.1, 0.15) is 356 Å². The molecule has 15 heteroatoms. The van der Waals surface area contributed by atoms with E-state index >= 15 is 0 Å². The first-order valence-electron chi connectivity index (χ1n) is 45.4. The Hall–Kier alpha value is -3.50. The number of ether oxygens (including phenoxy) is 5. The molecule has 0 saturated heterocycles. The molecule has 0 unspecified atom stereocenters. The molecule has 0 spiro atoms. The fraction of sp³-hybridized carbons (Fsp3) is 0.700. The SMILES string of the molecule is CCCCCC12CCC(COc3ccc(S)cc3)(CC1)CC2.CCCCCC12CCC(COc3ccc(S)cc3)(CC1)CC2.CCCCCC12CCC(COc3ccc(S)cc3)(CC1)CC2.CCCCCC12CCC(COc3ccc(S)cc3)(CC1)CC2.CCCCCC12CCC(COc3ccc(S)cc3)(CC1)CC2.F.F.F.F.F. The number of benzene rings is 5. The minimum absolute atomic E-state index is 0. The van der Waals surface area contributed by atoms with E-state index in [1.165, 1.54) is 321 Å². The maximum Gasteiger partial charge on any atom is 0.119 e. The number of thiol groups is 5. The molecule has 15 aliphatic carbocycles.